The van der Waals surface area contributed by atoms with Gasteiger partial charge in [-0.3, -0.25) is 9.10 Å². The van der Waals surface area contributed by atoms with E-state index in [1.165, 1.54) is 27.9 Å². The fourth-order valence-corrected chi connectivity index (χ4v) is 5.93. The van der Waals surface area contributed by atoms with Crippen LogP contribution in [0.25, 0.3) is 10.4 Å². The number of amides is 1. The number of pyridine rings is 1. The molecule has 3 aromatic rings. The molecule has 0 aliphatic carbocycles. The van der Waals surface area contributed by atoms with Crippen molar-refractivity contribution in [3.05, 3.63) is 57.3 Å². The molecular weight excluding hydrogens is 467 g/mol. The molecule has 0 saturated carbocycles. The highest BCUT2D eigenvalue weighted by Gasteiger charge is 2.30. The number of hydrogen-bond acceptors (Lipinski definition) is 6. The zero-order chi connectivity index (χ0) is 21.5. The summed E-state index contributed by atoms with van der Waals surface area (Å²) in [5.74, 6) is -0.259. The molecule has 1 aliphatic heterocycles. The average molecular weight is 483 g/mol. The number of rotatable bonds is 4. The first-order chi connectivity index (χ1) is 14.2. The average Bonchev–Trinajstić information content (AvgIpc) is 3.26. The molecule has 1 aromatic carbocycles. The van der Waals surface area contributed by atoms with Crippen molar-refractivity contribution in [1.82, 2.24) is 9.97 Å². The monoisotopic (exact) mass is 482 g/mol. The van der Waals surface area contributed by atoms with Gasteiger partial charge in [-0.2, -0.15) is 0 Å². The molecule has 0 atom stereocenters. The summed E-state index contributed by atoms with van der Waals surface area (Å²) in [6.07, 6.45) is 1.79. The Kier molecular flexibility index (Phi) is 5.71. The molecule has 1 saturated heterocycles. The van der Waals surface area contributed by atoms with E-state index in [9.17, 15) is 13.2 Å². The highest BCUT2D eigenvalue weighted by molar-refractivity contribution is 7.93. The lowest BCUT2D eigenvalue weighted by molar-refractivity contribution is 0.102. The minimum absolute atomic E-state index is 0.0567. The van der Waals surface area contributed by atoms with E-state index in [2.05, 4.69) is 15.3 Å². The van der Waals surface area contributed by atoms with E-state index in [1.807, 2.05) is 6.92 Å². The maximum atomic E-state index is 12.9. The highest BCUT2D eigenvalue weighted by atomic mass is 35.5. The fraction of sp³-hybridized carbons (Fsp3) is 0.211. The van der Waals surface area contributed by atoms with Gasteiger partial charge in [0.1, 0.15) is 5.82 Å². The number of benzene rings is 1. The Morgan fingerprint density at radius 1 is 1.20 bits per heavy atom. The molecule has 7 nitrogen and oxygen atoms in total. The van der Waals surface area contributed by atoms with Gasteiger partial charge >= 0.3 is 0 Å². The summed E-state index contributed by atoms with van der Waals surface area (Å²) in [4.78, 5) is 22.2. The second-order valence-electron chi connectivity index (χ2n) is 6.71. The molecule has 11 heteroatoms. The van der Waals surface area contributed by atoms with Crippen molar-refractivity contribution in [3.8, 4) is 10.4 Å². The molecule has 0 bridgehead atoms. The molecule has 0 spiro atoms. The van der Waals surface area contributed by atoms with E-state index in [0.29, 0.717) is 23.7 Å². The minimum atomic E-state index is -3.42. The fourth-order valence-electron chi connectivity index (χ4n) is 3.21. The van der Waals surface area contributed by atoms with Crippen molar-refractivity contribution in [2.75, 3.05) is 21.9 Å². The van der Waals surface area contributed by atoms with Gasteiger partial charge in [0.05, 0.1) is 32.4 Å². The number of carbonyl (C=O) groups is 1. The largest absolute Gasteiger partial charge is 0.322 e. The number of aryl methyl sites for hydroxylation is 1. The SMILES string of the molecule is Cc1ncsc1-c1cc(Cl)cc(NC(=O)c2cc(N3CCCS3(=O)=O)ncc2Cl)c1. The van der Waals surface area contributed by atoms with Crippen molar-refractivity contribution in [1.29, 1.82) is 0 Å². The van der Waals surface area contributed by atoms with Crippen LogP contribution in [0.3, 0.4) is 0 Å². The zero-order valence-corrected chi connectivity index (χ0v) is 18.9. The van der Waals surface area contributed by atoms with Crippen LogP contribution in [0.5, 0.6) is 0 Å². The number of anilines is 2. The third kappa shape index (κ3) is 4.15. The molecule has 3 heterocycles. The van der Waals surface area contributed by atoms with Crippen LogP contribution < -0.4 is 9.62 Å². The van der Waals surface area contributed by atoms with Gasteiger partial charge in [-0.15, -0.1) is 11.3 Å². The summed E-state index contributed by atoms with van der Waals surface area (Å²) in [6.45, 7) is 2.22. The van der Waals surface area contributed by atoms with Crippen molar-refractivity contribution in [3.63, 3.8) is 0 Å². The van der Waals surface area contributed by atoms with Crippen LogP contribution in [0, 0.1) is 6.92 Å². The summed E-state index contributed by atoms with van der Waals surface area (Å²) >= 11 is 13.9. The predicted octanol–water partition coefficient (Wildman–Crippen LogP) is 4.61. The van der Waals surface area contributed by atoms with E-state index in [-0.39, 0.29) is 22.2 Å². The lowest BCUT2D eigenvalue weighted by atomic mass is 10.1. The summed E-state index contributed by atoms with van der Waals surface area (Å²) in [6, 6.07) is 6.61. The predicted molar refractivity (Wildman–Crippen MR) is 120 cm³/mol. The second-order valence-corrected chi connectivity index (χ2v) is 10.4. The van der Waals surface area contributed by atoms with Gasteiger partial charge in [0.15, 0.2) is 0 Å². The molecule has 156 valence electrons. The highest BCUT2D eigenvalue weighted by Crippen LogP contribution is 2.33. The zero-order valence-electron chi connectivity index (χ0n) is 15.7. The number of sulfonamides is 1. The Labute approximate surface area is 187 Å². The maximum Gasteiger partial charge on any atom is 0.257 e. The number of halogens is 2. The van der Waals surface area contributed by atoms with Crippen molar-refractivity contribution >= 4 is 62.0 Å². The van der Waals surface area contributed by atoms with Crippen LogP contribution in [0.1, 0.15) is 22.5 Å². The van der Waals surface area contributed by atoms with Crippen LogP contribution in [0.4, 0.5) is 11.5 Å². The Bertz CT molecular complexity index is 1240. The van der Waals surface area contributed by atoms with Gasteiger partial charge < -0.3 is 5.32 Å². The van der Waals surface area contributed by atoms with E-state index in [0.717, 1.165) is 16.1 Å². The number of thiazole rings is 1. The Morgan fingerprint density at radius 2 is 2.00 bits per heavy atom. The van der Waals surface area contributed by atoms with Crippen LogP contribution in [0.15, 0.2) is 36.0 Å². The van der Waals surface area contributed by atoms with Crippen LogP contribution >= 0.6 is 34.5 Å². The van der Waals surface area contributed by atoms with Gasteiger partial charge in [-0.25, -0.2) is 18.4 Å². The summed E-state index contributed by atoms with van der Waals surface area (Å²) in [5, 5.41) is 3.36. The number of nitrogens with one attached hydrogen (secondary N) is 1. The van der Waals surface area contributed by atoms with E-state index in [1.54, 1.807) is 23.7 Å². The molecule has 2 aromatic heterocycles. The minimum Gasteiger partial charge on any atom is -0.322 e. The molecule has 1 N–H and O–H groups in total. The number of aromatic nitrogens is 2. The molecule has 1 aliphatic rings. The molecule has 1 amide bonds. The first kappa shape index (κ1) is 21.0. The second kappa shape index (κ2) is 8.14. The molecular formula is C19H16Cl2N4O3S2. The molecule has 4 rings (SSSR count). The molecule has 1 fully saturated rings. The summed E-state index contributed by atoms with van der Waals surface area (Å²) in [5.41, 5.74) is 4.06. The van der Waals surface area contributed by atoms with Gasteiger partial charge in [-0.05, 0) is 43.2 Å². The lowest BCUT2D eigenvalue weighted by Crippen LogP contribution is -2.26. The molecule has 0 unspecified atom stereocenters. The lowest BCUT2D eigenvalue weighted by Gasteiger charge is -2.17. The smallest absolute Gasteiger partial charge is 0.257 e. The first-order valence-corrected chi connectivity index (χ1v) is 12.2. The number of hydrogen-bond donors (Lipinski definition) is 1. The standard InChI is InChI=1S/C19H16Cl2N4O3S2/c1-11-18(29-10-23-11)12-5-13(20)7-14(6-12)24-19(26)15-8-17(22-9-16(15)21)25-3-2-4-30(25,27)28/h5-10H,2-4H2,1H3,(H,24,26). The third-order valence-corrected chi connectivity index (χ3v) is 7.95. The van der Waals surface area contributed by atoms with Crippen molar-refractivity contribution in [2.45, 2.75) is 13.3 Å². The van der Waals surface area contributed by atoms with E-state index < -0.39 is 15.9 Å². The Hall–Kier alpha value is -2.20. The third-order valence-electron chi connectivity index (χ3n) is 4.60. The normalized spacial score (nSPS) is 15.4. The van der Waals surface area contributed by atoms with E-state index >= 15 is 0 Å². The number of carbonyl (C=O) groups excluding carboxylic acids is 1. The quantitative estimate of drug-likeness (QED) is 0.585. The van der Waals surface area contributed by atoms with Crippen LogP contribution in [0.2, 0.25) is 10.0 Å². The van der Waals surface area contributed by atoms with E-state index in [4.69, 9.17) is 23.2 Å². The molecule has 30 heavy (non-hydrogen) atoms. The Morgan fingerprint density at radius 3 is 2.67 bits per heavy atom. The first-order valence-electron chi connectivity index (χ1n) is 8.93. The topological polar surface area (TPSA) is 92.3 Å². The summed E-state index contributed by atoms with van der Waals surface area (Å²) in [7, 11) is -3.42. The number of nitrogens with zero attached hydrogens (tertiary/aromatic N) is 3. The van der Waals surface area contributed by atoms with Crippen LogP contribution in [-0.4, -0.2) is 36.6 Å². The van der Waals surface area contributed by atoms with Gasteiger partial charge in [0.2, 0.25) is 10.0 Å². The van der Waals surface area contributed by atoms with Crippen LogP contribution in [-0.2, 0) is 10.0 Å². The maximum absolute atomic E-state index is 12.9. The van der Waals surface area contributed by atoms with Crippen molar-refractivity contribution in [2.24, 2.45) is 0 Å². The molecule has 0 radical (unpaired) electrons. The van der Waals surface area contributed by atoms with Crippen molar-refractivity contribution < 1.29 is 13.2 Å². The van der Waals surface area contributed by atoms with Gasteiger partial charge in [0.25, 0.3) is 5.91 Å². The van der Waals surface area contributed by atoms with Gasteiger partial charge in [-0.1, -0.05) is 23.2 Å². The van der Waals surface area contributed by atoms with Gasteiger partial charge in [0, 0.05) is 23.5 Å². The Balaban J connectivity index is 1.64. The summed E-state index contributed by atoms with van der Waals surface area (Å²) < 4.78 is 25.5.